The number of aromatic nitrogens is 1. The van der Waals surface area contributed by atoms with Crippen LogP contribution in [0.25, 0.3) is 10.9 Å². The highest BCUT2D eigenvalue weighted by Gasteiger charge is 2.25. The molecule has 0 saturated carbocycles. The fraction of sp³-hybridized carbons (Fsp3) is 0.312. The Bertz CT molecular complexity index is 1360. The number of benzene rings is 3. The van der Waals surface area contributed by atoms with Crippen LogP contribution in [0, 0.1) is 0 Å². The lowest BCUT2D eigenvalue weighted by molar-refractivity contribution is -0.132. The summed E-state index contributed by atoms with van der Waals surface area (Å²) in [6.07, 6.45) is 3.64. The van der Waals surface area contributed by atoms with Crippen LogP contribution in [0.4, 0.5) is 0 Å². The van der Waals surface area contributed by atoms with E-state index in [4.69, 9.17) is 4.74 Å². The molecule has 0 atom stereocenters. The molecule has 3 aromatic carbocycles. The highest BCUT2D eigenvalue weighted by molar-refractivity contribution is 5.96. The molecule has 0 radical (unpaired) electrons. The van der Waals surface area contributed by atoms with Crippen LogP contribution in [0.5, 0.6) is 5.75 Å². The molecule has 6 heteroatoms. The maximum Gasteiger partial charge on any atom is 0.254 e. The largest absolute Gasteiger partial charge is 0.497 e. The Morgan fingerprint density at radius 2 is 1.61 bits per heavy atom. The van der Waals surface area contributed by atoms with E-state index in [1.165, 1.54) is 16.5 Å². The first kappa shape index (κ1) is 27.0. The first-order valence-electron chi connectivity index (χ1n) is 13.2. The van der Waals surface area contributed by atoms with Gasteiger partial charge in [-0.1, -0.05) is 49.4 Å². The topological polar surface area (TPSA) is 65.6 Å². The standard InChI is InChI=1S/C32H37N3O3/c1-5-24-10-14-26(15-11-24)32(37)35(23(2)3)22-31(36)34(21-25-12-16-28(38-4)17-13-25)19-18-27-20-33-30-9-7-6-8-29(27)30/h6-17,20,23,33H,5,18-19,21-22H2,1-4H3. The molecule has 0 unspecified atom stereocenters. The summed E-state index contributed by atoms with van der Waals surface area (Å²) in [7, 11) is 1.64. The lowest BCUT2D eigenvalue weighted by Gasteiger charge is -2.30. The molecular formula is C32H37N3O3. The number of fused-ring (bicyclic) bond motifs is 1. The van der Waals surface area contributed by atoms with Crippen molar-refractivity contribution >= 4 is 22.7 Å². The van der Waals surface area contributed by atoms with E-state index in [9.17, 15) is 9.59 Å². The van der Waals surface area contributed by atoms with E-state index < -0.39 is 0 Å². The lowest BCUT2D eigenvalue weighted by Crippen LogP contribution is -2.46. The third-order valence-corrected chi connectivity index (χ3v) is 7.01. The van der Waals surface area contributed by atoms with Crippen molar-refractivity contribution in [2.75, 3.05) is 20.2 Å². The van der Waals surface area contributed by atoms with Crippen molar-refractivity contribution in [3.63, 3.8) is 0 Å². The smallest absolute Gasteiger partial charge is 0.254 e. The van der Waals surface area contributed by atoms with Gasteiger partial charge in [-0.25, -0.2) is 0 Å². The number of rotatable bonds is 11. The van der Waals surface area contributed by atoms with Crippen molar-refractivity contribution in [1.82, 2.24) is 14.8 Å². The maximum atomic E-state index is 13.7. The molecule has 2 amide bonds. The summed E-state index contributed by atoms with van der Waals surface area (Å²) in [4.78, 5) is 34.0. The molecule has 0 spiro atoms. The van der Waals surface area contributed by atoms with Crippen LogP contribution in [0.3, 0.4) is 0 Å². The molecule has 0 saturated heterocycles. The minimum absolute atomic E-state index is 0.0239. The van der Waals surface area contributed by atoms with Crippen LogP contribution in [-0.2, 0) is 24.2 Å². The van der Waals surface area contributed by atoms with Crippen LogP contribution >= 0.6 is 0 Å². The number of amides is 2. The van der Waals surface area contributed by atoms with Crippen molar-refractivity contribution < 1.29 is 14.3 Å². The van der Waals surface area contributed by atoms with E-state index in [0.29, 0.717) is 25.1 Å². The molecule has 1 aromatic heterocycles. The second-order valence-electron chi connectivity index (χ2n) is 9.85. The summed E-state index contributed by atoms with van der Waals surface area (Å²) >= 11 is 0. The van der Waals surface area contributed by atoms with Crippen LogP contribution in [-0.4, -0.2) is 52.8 Å². The maximum absolute atomic E-state index is 13.7. The number of para-hydroxylation sites is 1. The van der Waals surface area contributed by atoms with Crippen molar-refractivity contribution in [2.45, 2.75) is 46.2 Å². The second kappa shape index (κ2) is 12.5. The molecule has 1 heterocycles. The Morgan fingerprint density at radius 3 is 2.26 bits per heavy atom. The SMILES string of the molecule is CCc1ccc(C(=O)N(CC(=O)N(CCc2c[nH]c3ccccc23)Cc2ccc(OC)cc2)C(C)C)cc1. The summed E-state index contributed by atoms with van der Waals surface area (Å²) < 4.78 is 5.29. The average Bonchev–Trinajstić information content (AvgIpc) is 3.36. The molecule has 38 heavy (non-hydrogen) atoms. The minimum atomic E-state index is -0.128. The van der Waals surface area contributed by atoms with Crippen LogP contribution in [0.15, 0.2) is 79.0 Å². The summed E-state index contributed by atoms with van der Waals surface area (Å²) in [5.74, 6) is 0.570. The second-order valence-corrected chi connectivity index (χ2v) is 9.85. The highest BCUT2D eigenvalue weighted by atomic mass is 16.5. The number of aryl methyl sites for hydroxylation is 1. The van der Waals surface area contributed by atoms with Gasteiger partial charge in [-0.3, -0.25) is 9.59 Å². The van der Waals surface area contributed by atoms with E-state index in [1.807, 2.05) is 85.6 Å². The first-order valence-corrected chi connectivity index (χ1v) is 13.2. The Kier molecular flexibility index (Phi) is 8.85. The molecule has 0 fully saturated rings. The van der Waals surface area contributed by atoms with Crippen molar-refractivity contribution in [3.8, 4) is 5.75 Å². The molecule has 198 valence electrons. The van der Waals surface area contributed by atoms with Gasteiger partial charge >= 0.3 is 0 Å². The molecule has 0 aliphatic rings. The third-order valence-electron chi connectivity index (χ3n) is 7.01. The van der Waals surface area contributed by atoms with E-state index in [0.717, 1.165) is 23.3 Å². The number of nitrogens with one attached hydrogen (secondary N) is 1. The van der Waals surface area contributed by atoms with Gasteiger partial charge in [-0.05, 0) is 73.7 Å². The van der Waals surface area contributed by atoms with Crippen molar-refractivity contribution in [1.29, 1.82) is 0 Å². The summed E-state index contributed by atoms with van der Waals surface area (Å²) in [6.45, 7) is 7.00. The van der Waals surface area contributed by atoms with Gasteiger partial charge in [0, 0.05) is 41.8 Å². The zero-order valence-electron chi connectivity index (χ0n) is 22.7. The molecule has 0 aliphatic heterocycles. The van der Waals surface area contributed by atoms with E-state index in [1.54, 1.807) is 12.0 Å². The van der Waals surface area contributed by atoms with Gasteiger partial charge in [0.15, 0.2) is 0 Å². The molecule has 4 rings (SSSR count). The predicted molar refractivity (Wildman–Crippen MR) is 152 cm³/mol. The normalized spacial score (nSPS) is 11.1. The van der Waals surface area contributed by atoms with E-state index >= 15 is 0 Å². The minimum Gasteiger partial charge on any atom is -0.497 e. The average molecular weight is 512 g/mol. The zero-order chi connectivity index (χ0) is 27.1. The van der Waals surface area contributed by atoms with Gasteiger partial charge < -0.3 is 19.5 Å². The summed E-state index contributed by atoms with van der Waals surface area (Å²) in [5, 5.41) is 1.17. The number of hydrogen-bond donors (Lipinski definition) is 1. The van der Waals surface area contributed by atoms with Crippen molar-refractivity contribution in [3.05, 3.63) is 101 Å². The Labute approximate surface area is 225 Å². The number of aromatic amines is 1. The number of carbonyl (C=O) groups is 2. The van der Waals surface area contributed by atoms with Gasteiger partial charge in [0.1, 0.15) is 12.3 Å². The highest BCUT2D eigenvalue weighted by Crippen LogP contribution is 2.20. The van der Waals surface area contributed by atoms with Gasteiger partial charge in [-0.15, -0.1) is 0 Å². The number of methoxy groups -OCH3 is 1. The number of H-pyrrole nitrogens is 1. The molecule has 0 aliphatic carbocycles. The Morgan fingerprint density at radius 1 is 0.921 bits per heavy atom. The van der Waals surface area contributed by atoms with Gasteiger partial charge in [0.25, 0.3) is 5.91 Å². The number of hydrogen-bond acceptors (Lipinski definition) is 3. The number of nitrogens with zero attached hydrogens (tertiary/aromatic N) is 2. The van der Waals surface area contributed by atoms with E-state index in [2.05, 4.69) is 24.0 Å². The molecular weight excluding hydrogens is 474 g/mol. The molecule has 1 N–H and O–H groups in total. The monoisotopic (exact) mass is 511 g/mol. The predicted octanol–water partition coefficient (Wildman–Crippen LogP) is 5.86. The van der Waals surface area contributed by atoms with Crippen LogP contribution < -0.4 is 4.74 Å². The van der Waals surface area contributed by atoms with E-state index in [-0.39, 0.29) is 24.4 Å². The Hall–Kier alpha value is -4.06. The number of carbonyl (C=O) groups excluding carboxylic acids is 2. The molecule has 4 aromatic rings. The molecule has 0 bridgehead atoms. The summed E-state index contributed by atoms with van der Waals surface area (Å²) in [6, 6.07) is 23.5. The zero-order valence-corrected chi connectivity index (χ0v) is 22.7. The number of ether oxygens (including phenoxy) is 1. The fourth-order valence-electron chi connectivity index (χ4n) is 4.62. The third kappa shape index (κ3) is 6.43. The quantitative estimate of drug-likeness (QED) is 0.274. The van der Waals surface area contributed by atoms with Crippen LogP contribution in [0.1, 0.15) is 47.8 Å². The molecule has 6 nitrogen and oxygen atoms in total. The summed E-state index contributed by atoms with van der Waals surface area (Å²) in [5.41, 5.74) is 5.04. The van der Waals surface area contributed by atoms with Gasteiger partial charge in [0.05, 0.1) is 7.11 Å². The van der Waals surface area contributed by atoms with Gasteiger partial charge in [-0.2, -0.15) is 0 Å². The lowest BCUT2D eigenvalue weighted by atomic mass is 10.1. The van der Waals surface area contributed by atoms with Gasteiger partial charge in [0.2, 0.25) is 5.91 Å². The first-order chi connectivity index (χ1) is 18.4. The fourth-order valence-corrected chi connectivity index (χ4v) is 4.62. The van der Waals surface area contributed by atoms with Crippen LogP contribution in [0.2, 0.25) is 0 Å². The Balaban J connectivity index is 1.54. The van der Waals surface area contributed by atoms with Crippen molar-refractivity contribution in [2.24, 2.45) is 0 Å².